The summed E-state index contributed by atoms with van der Waals surface area (Å²) in [5.41, 5.74) is 11.3. The molecule has 8 rings (SSSR count). The average Bonchev–Trinajstić information content (AvgIpc) is 3.62. The summed E-state index contributed by atoms with van der Waals surface area (Å²) in [6, 6.07) is 33.3. The summed E-state index contributed by atoms with van der Waals surface area (Å²) < 4.78 is 92.6. The first kappa shape index (κ1) is 28.2. The van der Waals surface area contributed by atoms with Crippen molar-refractivity contribution in [1.29, 1.82) is 0 Å². The van der Waals surface area contributed by atoms with Crippen LogP contribution in [0.3, 0.4) is 0 Å². The SMILES string of the molecule is [2H]C([2H])([2H])c1c[c-]c(-c2ccc(C([2H])([2H])C(C)(C)C)cn2)cc1.[2H]C([2H])([2H])c1ccc2c(n1)oc1c(-c3cc(-c4cc(C)c(-c5ccc(C)cc5C)cc4C)c(C([2H])([2H])[2H])cn3)[c-]ccc12.[Ir]. The Bertz CT molecular complexity index is 3090. The second-order valence-corrected chi connectivity index (χ2v) is 15.0. The molecule has 285 valence electrons. The van der Waals surface area contributed by atoms with Crippen molar-refractivity contribution in [2.45, 2.75) is 75.4 Å². The van der Waals surface area contributed by atoms with Gasteiger partial charge in [-0.1, -0.05) is 92.7 Å². The molecule has 0 unspecified atom stereocenters. The maximum absolute atomic E-state index is 8.27. The van der Waals surface area contributed by atoms with Crippen LogP contribution < -0.4 is 0 Å². The number of rotatable bonds is 5. The third kappa shape index (κ3) is 8.76. The van der Waals surface area contributed by atoms with E-state index in [1.54, 1.807) is 42.5 Å². The molecular weight excluding hydrogens is 863 g/mol. The zero-order valence-corrected chi connectivity index (χ0v) is 34.8. The minimum absolute atomic E-state index is 0. The van der Waals surface area contributed by atoms with Crippen molar-refractivity contribution in [3.63, 3.8) is 0 Å². The molecular formula is C51H49IrN3O-2. The Balaban J connectivity index is 0.000000262. The Hall–Kier alpha value is -5.22. The van der Waals surface area contributed by atoms with Gasteiger partial charge in [0.25, 0.3) is 0 Å². The standard InChI is InChI=1S/C34H29N2O.C17H20N.Ir/c1-19-10-12-25(20(2)14-19)29-15-22(4)30(16-21(29)3)31-17-32(35-18-23(31)5)28-9-7-8-26-27-13-11-24(6)36-34(27)37-33(26)28;1-13-5-8-15(9-6-13)16-10-7-14(12-18-16)11-17(2,3)4;/h7-8,10-18H,1-6H3;5-8,10,12H,11H2,1-4H3;/q2*-1;/i5D3,6D3;1D3,11D2;. The van der Waals surface area contributed by atoms with Crippen molar-refractivity contribution in [2.24, 2.45) is 5.41 Å². The molecule has 0 aliphatic rings. The summed E-state index contributed by atoms with van der Waals surface area (Å²) in [5, 5.41) is 1.41. The fraction of sp³-hybridized carbons (Fsp3) is 0.235. The van der Waals surface area contributed by atoms with E-state index in [9.17, 15) is 0 Å². The smallest absolute Gasteiger partial charge is 0.216 e. The summed E-state index contributed by atoms with van der Waals surface area (Å²) in [6.07, 6.45) is 1.45. The van der Waals surface area contributed by atoms with Crippen molar-refractivity contribution >= 4 is 22.1 Å². The van der Waals surface area contributed by atoms with Crippen LogP contribution in [0.15, 0.2) is 108 Å². The van der Waals surface area contributed by atoms with Gasteiger partial charge in [-0.2, -0.15) is 0 Å². The van der Waals surface area contributed by atoms with Gasteiger partial charge in [0.15, 0.2) is 0 Å². The summed E-state index contributed by atoms with van der Waals surface area (Å²) in [4.78, 5) is 13.1. The summed E-state index contributed by atoms with van der Waals surface area (Å²) in [7, 11) is 0. The number of furan rings is 1. The Labute approximate surface area is 361 Å². The molecule has 4 aromatic heterocycles. The van der Waals surface area contributed by atoms with Crippen LogP contribution in [-0.2, 0) is 26.5 Å². The first-order chi connectivity index (χ1) is 30.6. The van der Waals surface area contributed by atoms with Gasteiger partial charge in [0, 0.05) is 58.7 Å². The van der Waals surface area contributed by atoms with E-state index in [0.717, 1.165) is 33.2 Å². The van der Waals surface area contributed by atoms with Gasteiger partial charge in [-0.25, -0.2) is 4.98 Å². The quantitative estimate of drug-likeness (QED) is 0.161. The van der Waals surface area contributed by atoms with E-state index >= 15 is 0 Å². The van der Waals surface area contributed by atoms with Gasteiger partial charge in [0.1, 0.15) is 0 Å². The molecule has 0 spiro atoms. The molecule has 4 nitrogen and oxygen atoms in total. The molecule has 0 saturated carbocycles. The van der Waals surface area contributed by atoms with Gasteiger partial charge in [-0.3, -0.25) is 0 Å². The van der Waals surface area contributed by atoms with Gasteiger partial charge in [-0.05, 0) is 127 Å². The van der Waals surface area contributed by atoms with Crippen molar-refractivity contribution in [2.75, 3.05) is 0 Å². The molecule has 4 aromatic carbocycles. The molecule has 8 aromatic rings. The van der Waals surface area contributed by atoms with E-state index < -0.39 is 32.3 Å². The van der Waals surface area contributed by atoms with Crippen LogP contribution in [0.25, 0.3) is 66.8 Å². The molecule has 0 bridgehead atoms. The number of pyridine rings is 3. The van der Waals surface area contributed by atoms with E-state index in [0.29, 0.717) is 44.6 Å². The maximum atomic E-state index is 8.27. The van der Waals surface area contributed by atoms with Crippen molar-refractivity contribution in [1.82, 2.24) is 15.0 Å². The molecule has 0 atom stereocenters. The van der Waals surface area contributed by atoms with E-state index in [1.807, 2.05) is 46.8 Å². The summed E-state index contributed by atoms with van der Waals surface area (Å²) in [5.74, 6) is 0. The van der Waals surface area contributed by atoms with E-state index in [1.165, 1.54) is 35.7 Å². The van der Waals surface area contributed by atoms with Gasteiger partial charge in [-0.15, -0.1) is 53.6 Å². The molecule has 4 heterocycles. The van der Waals surface area contributed by atoms with Gasteiger partial charge in [0.05, 0.1) is 5.58 Å². The Morgan fingerprint density at radius 3 is 2.05 bits per heavy atom. The molecule has 0 N–H and O–H groups in total. The topological polar surface area (TPSA) is 51.8 Å². The van der Waals surface area contributed by atoms with Crippen LogP contribution in [0.2, 0.25) is 0 Å². The van der Waals surface area contributed by atoms with Crippen molar-refractivity contribution in [3.8, 4) is 44.8 Å². The number of aryl methyl sites for hydroxylation is 7. The van der Waals surface area contributed by atoms with Crippen molar-refractivity contribution in [3.05, 3.63) is 160 Å². The first-order valence-corrected chi connectivity index (χ1v) is 18.1. The summed E-state index contributed by atoms with van der Waals surface area (Å²) >= 11 is 0. The number of hydrogen-bond donors (Lipinski definition) is 0. The normalized spacial score (nSPS) is 15.2. The van der Waals surface area contributed by atoms with E-state index in [2.05, 4.69) is 65.2 Å². The Morgan fingerprint density at radius 2 is 1.39 bits per heavy atom. The number of aromatic nitrogens is 3. The van der Waals surface area contributed by atoms with Crippen LogP contribution in [0.1, 0.15) is 80.5 Å². The third-order valence-electron chi connectivity index (χ3n) is 9.36. The Morgan fingerprint density at radius 1 is 0.661 bits per heavy atom. The maximum Gasteiger partial charge on any atom is 0.216 e. The fourth-order valence-electron chi connectivity index (χ4n) is 6.78. The zero-order valence-electron chi connectivity index (χ0n) is 43.4. The largest absolute Gasteiger partial charge is 0.486 e. The fourth-order valence-corrected chi connectivity index (χ4v) is 6.78. The second-order valence-electron chi connectivity index (χ2n) is 15.0. The average molecular weight is 923 g/mol. The molecule has 1 radical (unpaired) electrons. The second kappa shape index (κ2) is 16.5. The molecule has 0 saturated heterocycles. The third-order valence-corrected chi connectivity index (χ3v) is 9.36. The van der Waals surface area contributed by atoms with Gasteiger partial charge >= 0.3 is 0 Å². The van der Waals surface area contributed by atoms with Gasteiger partial charge in [0.2, 0.25) is 5.71 Å². The van der Waals surface area contributed by atoms with E-state index in [4.69, 9.17) is 19.5 Å². The summed E-state index contributed by atoms with van der Waals surface area (Å²) in [6.45, 7) is 6.85. The molecule has 5 heteroatoms. The molecule has 0 fully saturated rings. The van der Waals surface area contributed by atoms with Crippen LogP contribution in [-0.4, -0.2) is 15.0 Å². The molecule has 56 heavy (non-hydrogen) atoms. The minimum Gasteiger partial charge on any atom is -0.486 e. The van der Waals surface area contributed by atoms with Crippen LogP contribution >= 0.6 is 0 Å². The first-order valence-electron chi connectivity index (χ1n) is 23.6. The number of nitrogens with zero attached hydrogens (tertiary/aromatic N) is 3. The monoisotopic (exact) mass is 923 g/mol. The number of fused-ring (bicyclic) bond motifs is 3. The predicted molar refractivity (Wildman–Crippen MR) is 229 cm³/mol. The molecule has 0 aliphatic heterocycles. The molecule has 0 aliphatic carbocycles. The van der Waals surface area contributed by atoms with Crippen LogP contribution in [0.5, 0.6) is 0 Å². The van der Waals surface area contributed by atoms with Crippen LogP contribution in [0.4, 0.5) is 0 Å². The minimum atomic E-state index is -2.39. The van der Waals surface area contributed by atoms with Gasteiger partial charge < -0.3 is 14.4 Å². The zero-order chi connectivity index (χ0) is 48.3. The van der Waals surface area contributed by atoms with Crippen LogP contribution in [0, 0.1) is 65.8 Å². The molecule has 0 amide bonds. The van der Waals surface area contributed by atoms with Crippen molar-refractivity contribution < 1.29 is 39.6 Å². The van der Waals surface area contributed by atoms with E-state index in [-0.39, 0.29) is 42.6 Å². The Kier molecular flexibility index (Phi) is 8.30. The predicted octanol–water partition coefficient (Wildman–Crippen LogP) is 13.5. The number of hydrogen-bond acceptors (Lipinski definition) is 4. The number of benzene rings is 4.